The average Bonchev–Trinajstić information content (AvgIpc) is 3.21. The second-order valence-corrected chi connectivity index (χ2v) is 13.8. The van der Waals surface area contributed by atoms with Crippen molar-refractivity contribution < 1.29 is 18.9 Å². The van der Waals surface area contributed by atoms with Gasteiger partial charge in [-0.2, -0.15) is 0 Å². The van der Waals surface area contributed by atoms with Crippen LogP contribution in [0.1, 0.15) is 114 Å². The third-order valence-corrected chi connectivity index (χ3v) is 9.68. The third-order valence-electron chi connectivity index (χ3n) is 9.68. The van der Waals surface area contributed by atoms with Crippen molar-refractivity contribution in [3.8, 4) is 23.0 Å². The van der Waals surface area contributed by atoms with Gasteiger partial charge < -0.3 is 18.9 Å². The van der Waals surface area contributed by atoms with Gasteiger partial charge in [0.15, 0.2) is 23.0 Å². The first-order valence-electron chi connectivity index (χ1n) is 20.1. The SMILES string of the molecule is Cc1c2cc(OCCCCCCN=[N+]=[N-])c(OCCCCCCN=[N+]=[N-])cc2c(C)c2cc(OCCCCCCN=[N+]=[N-])c(OCCCCCCN=[N+]=[N-])cc12. The number of benzene rings is 3. The molecular weight excluding hydrogens is 713 g/mol. The number of azide groups is 4. The van der Waals surface area contributed by atoms with Crippen LogP contribution in [0.2, 0.25) is 0 Å². The van der Waals surface area contributed by atoms with Crippen molar-refractivity contribution in [3.05, 3.63) is 77.2 Å². The highest BCUT2D eigenvalue weighted by molar-refractivity contribution is 6.07. The molecule has 0 aliphatic carbocycles. The minimum atomic E-state index is 0.514. The van der Waals surface area contributed by atoms with E-state index in [1.165, 1.54) is 0 Å². The summed E-state index contributed by atoms with van der Waals surface area (Å²) in [6.07, 6.45) is 14.7. The molecule has 0 bridgehead atoms. The summed E-state index contributed by atoms with van der Waals surface area (Å²) < 4.78 is 25.6. The molecule has 0 spiro atoms. The highest BCUT2D eigenvalue weighted by Gasteiger charge is 2.18. The molecule has 16 nitrogen and oxygen atoms in total. The van der Waals surface area contributed by atoms with Crippen molar-refractivity contribution in [2.24, 2.45) is 20.5 Å². The van der Waals surface area contributed by atoms with E-state index in [-0.39, 0.29) is 0 Å². The Hall–Kier alpha value is -5.38. The number of hydrogen-bond acceptors (Lipinski definition) is 8. The molecule has 0 aromatic heterocycles. The summed E-state index contributed by atoms with van der Waals surface area (Å²) in [7, 11) is 0. The average molecular weight is 771 g/mol. The van der Waals surface area contributed by atoms with Gasteiger partial charge in [-0.25, -0.2) is 0 Å². The molecule has 0 aliphatic rings. The van der Waals surface area contributed by atoms with E-state index in [1.54, 1.807) is 0 Å². The second-order valence-electron chi connectivity index (χ2n) is 13.8. The van der Waals surface area contributed by atoms with Gasteiger partial charge in [0.25, 0.3) is 0 Å². The lowest BCUT2D eigenvalue weighted by Gasteiger charge is -2.20. The van der Waals surface area contributed by atoms with E-state index < -0.39 is 0 Å². The summed E-state index contributed by atoms with van der Waals surface area (Å²) in [5.74, 6) is 2.86. The van der Waals surface area contributed by atoms with Crippen molar-refractivity contribution >= 4 is 21.5 Å². The summed E-state index contributed by atoms with van der Waals surface area (Å²) in [4.78, 5) is 11.3. The van der Waals surface area contributed by atoms with Crippen LogP contribution in [0, 0.1) is 13.8 Å². The molecule has 302 valence electrons. The minimum absolute atomic E-state index is 0.514. The normalized spacial score (nSPS) is 10.6. The zero-order valence-corrected chi connectivity index (χ0v) is 33.3. The van der Waals surface area contributed by atoms with E-state index in [0.29, 0.717) is 75.6 Å². The fraction of sp³-hybridized carbons (Fsp3) is 0.650. The molecule has 0 saturated heterocycles. The molecule has 0 radical (unpaired) electrons. The number of rotatable bonds is 32. The standard InChI is InChI=1S/C40H58N12O4/c1-31-33-27-37(53-23-15-7-3-11-19-45-49-41)39(55-25-17-9-5-13-21-47-51-43)29-35(33)32(2)36-30-40(56-26-18-10-6-14-22-48-52-44)38(28-34(31)36)54-24-16-8-4-12-20-46-50-42/h27-30H,3-26H2,1-2H3. The number of aryl methyl sites for hydroxylation is 2. The molecule has 0 fully saturated rings. The first kappa shape index (κ1) is 45.0. The van der Waals surface area contributed by atoms with Gasteiger partial charge in [0, 0.05) is 45.8 Å². The third kappa shape index (κ3) is 16.2. The van der Waals surface area contributed by atoms with Crippen molar-refractivity contribution in [2.45, 2.75) is 117 Å². The van der Waals surface area contributed by atoms with E-state index in [9.17, 15) is 0 Å². The quantitative estimate of drug-likeness (QED) is 0.0198. The molecule has 0 unspecified atom stereocenters. The molecule has 0 saturated carbocycles. The lowest BCUT2D eigenvalue weighted by Crippen LogP contribution is -2.05. The molecule has 3 aromatic carbocycles. The second kappa shape index (κ2) is 28.1. The molecule has 56 heavy (non-hydrogen) atoms. The van der Waals surface area contributed by atoms with Crippen molar-refractivity contribution in [3.63, 3.8) is 0 Å². The van der Waals surface area contributed by atoms with Gasteiger partial charge in [-0.1, -0.05) is 71.8 Å². The molecule has 3 rings (SSSR count). The van der Waals surface area contributed by atoms with Crippen LogP contribution in [0.25, 0.3) is 63.3 Å². The maximum atomic E-state index is 8.52. The summed E-state index contributed by atoms with van der Waals surface area (Å²) >= 11 is 0. The van der Waals surface area contributed by atoms with E-state index in [0.717, 1.165) is 135 Å². The van der Waals surface area contributed by atoms with Crippen LogP contribution >= 0.6 is 0 Å². The van der Waals surface area contributed by atoms with Gasteiger partial charge in [0.2, 0.25) is 0 Å². The Morgan fingerprint density at radius 2 is 0.571 bits per heavy atom. The van der Waals surface area contributed by atoms with Gasteiger partial charge in [0.05, 0.1) is 26.4 Å². The zero-order valence-electron chi connectivity index (χ0n) is 33.3. The van der Waals surface area contributed by atoms with Gasteiger partial charge >= 0.3 is 0 Å². The fourth-order valence-electron chi connectivity index (χ4n) is 6.56. The molecule has 0 aliphatic heterocycles. The molecule has 3 aromatic rings. The first-order chi connectivity index (χ1) is 27.5. The van der Waals surface area contributed by atoms with Gasteiger partial charge in [-0.3, -0.25) is 0 Å². The number of unbranched alkanes of at least 4 members (excludes halogenated alkanes) is 12. The van der Waals surface area contributed by atoms with Crippen LogP contribution in [0.5, 0.6) is 23.0 Å². The van der Waals surface area contributed by atoms with E-state index in [4.69, 9.17) is 41.1 Å². The van der Waals surface area contributed by atoms with E-state index in [1.807, 2.05) is 0 Å². The maximum absolute atomic E-state index is 8.52. The Morgan fingerprint density at radius 1 is 0.357 bits per heavy atom. The van der Waals surface area contributed by atoms with E-state index in [2.05, 4.69) is 78.2 Å². The zero-order chi connectivity index (χ0) is 40.1. The Labute approximate surface area is 329 Å². The highest BCUT2D eigenvalue weighted by Crippen LogP contribution is 2.43. The maximum Gasteiger partial charge on any atom is 0.161 e. The summed E-state index contributed by atoms with van der Waals surface area (Å²) in [6.45, 7) is 8.52. The van der Waals surface area contributed by atoms with Crippen molar-refractivity contribution in [1.29, 1.82) is 0 Å². The lowest BCUT2D eigenvalue weighted by atomic mass is 9.92. The molecule has 0 amide bonds. The fourth-order valence-corrected chi connectivity index (χ4v) is 6.56. The van der Waals surface area contributed by atoms with E-state index >= 15 is 0 Å². The van der Waals surface area contributed by atoms with Gasteiger partial charge in [0.1, 0.15) is 0 Å². The smallest absolute Gasteiger partial charge is 0.161 e. The summed E-state index contributed by atoms with van der Waals surface area (Å²) in [5, 5.41) is 18.9. The predicted molar refractivity (Wildman–Crippen MR) is 223 cm³/mol. The number of nitrogens with zero attached hydrogens (tertiary/aromatic N) is 12. The Bertz CT molecular complexity index is 1590. The number of ether oxygens (including phenoxy) is 4. The molecule has 16 heteroatoms. The van der Waals surface area contributed by atoms with Crippen LogP contribution in [-0.2, 0) is 0 Å². The summed E-state index contributed by atoms with van der Waals surface area (Å²) in [5.41, 5.74) is 36.3. The monoisotopic (exact) mass is 770 g/mol. The molecule has 0 N–H and O–H groups in total. The van der Waals surface area contributed by atoms with Gasteiger partial charge in [-0.15, -0.1) is 0 Å². The topological polar surface area (TPSA) is 232 Å². The Kier molecular flexibility index (Phi) is 22.6. The van der Waals surface area contributed by atoms with Gasteiger partial charge in [-0.05, 0) is 144 Å². The largest absolute Gasteiger partial charge is 0.490 e. The van der Waals surface area contributed by atoms with Crippen molar-refractivity contribution in [1.82, 2.24) is 0 Å². The first-order valence-corrected chi connectivity index (χ1v) is 20.1. The van der Waals surface area contributed by atoms with Crippen LogP contribution in [-0.4, -0.2) is 52.6 Å². The Morgan fingerprint density at radius 3 is 0.786 bits per heavy atom. The van der Waals surface area contributed by atoms with Crippen LogP contribution in [0.3, 0.4) is 0 Å². The molecule has 0 atom stereocenters. The van der Waals surface area contributed by atoms with Crippen LogP contribution < -0.4 is 18.9 Å². The van der Waals surface area contributed by atoms with Crippen molar-refractivity contribution in [2.75, 3.05) is 52.6 Å². The number of hydrogen-bond donors (Lipinski definition) is 0. The molecule has 0 heterocycles. The highest BCUT2D eigenvalue weighted by atomic mass is 16.5. The van der Waals surface area contributed by atoms with Crippen LogP contribution in [0.4, 0.5) is 0 Å². The van der Waals surface area contributed by atoms with Crippen LogP contribution in [0.15, 0.2) is 44.7 Å². The Balaban J connectivity index is 1.88. The number of fused-ring (bicyclic) bond motifs is 2. The predicted octanol–water partition coefficient (Wildman–Crippen LogP) is 13.6. The molecular formula is C40H58N12O4. The minimum Gasteiger partial charge on any atom is -0.490 e. The lowest BCUT2D eigenvalue weighted by molar-refractivity contribution is 0.259. The summed E-state index contributed by atoms with van der Waals surface area (Å²) in [6, 6.07) is 8.43.